The lowest BCUT2D eigenvalue weighted by Gasteiger charge is -2.13. The number of benzene rings is 5. The summed E-state index contributed by atoms with van der Waals surface area (Å²) in [4.78, 5) is 48.9. The molecule has 57 heavy (non-hydrogen) atoms. The van der Waals surface area contributed by atoms with Crippen LogP contribution in [0.3, 0.4) is 0 Å². The van der Waals surface area contributed by atoms with E-state index in [1.54, 1.807) is 50.2 Å². The second kappa shape index (κ2) is 18.0. The first-order valence-electron chi connectivity index (χ1n) is 17.4. The Bertz CT molecular complexity index is 2420. The molecule has 0 atom stereocenters. The van der Waals surface area contributed by atoms with Crippen LogP contribution in [-0.4, -0.2) is 37.5 Å². The zero-order valence-electron chi connectivity index (χ0n) is 31.8. The second-order valence-electron chi connectivity index (χ2n) is 13.0. The number of rotatable bonds is 14. The highest BCUT2D eigenvalue weighted by atomic mass is 19.1. The molecule has 5 aromatic carbocycles. The van der Waals surface area contributed by atoms with Crippen LogP contribution in [0.1, 0.15) is 51.3 Å². The molecule has 10 nitrogen and oxygen atoms in total. The van der Waals surface area contributed by atoms with Crippen molar-refractivity contribution in [2.24, 2.45) is 0 Å². The molecule has 0 heterocycles. The molecule has 12 heteroatoms. The largest absolute Gasteiger partial charge is 0.457 e. The lowest BCUT2D eigenvalue weighted by molar-refractivity contribution is -0.146. The van der Waals surface area contributed by atoms with E-state index in [1.807, 2.05) is 13.0 Å². The van der Waals surface area contributed by atoms with Gasteiger partial charge in [-0.2, -0.15) is 0 Å². The van der Waals surface area contributed by atoms with Crippen molar-refractivity contribution in [2.75, 3.05) is 13.6 Å². The van der Waals surface area contributed by atoms with Gasteiger partial charge in [0.2, 0.25) is 13.6 Å². The van der Waals surface area contributed by atoms with Gasteiger partial charge in [-0.3, -0.25) is 0 Å². The maximum Gasteiger partial charge on any atom is 0.343 e. The number of aryl methyl sites for hydroxylation is 3. The van der Waals surface area contributed by atoms with Gasteiger partial charge in [0.15, 0.2) is 23.1 Å². The molecule has 0 aliphatic rings. The minimum absolute atomic E-state index is 0.188. The predicted octanol–water partition coefficient (Wildman–Crippen LogP) is 9.57. The Labute approximate surface area is 327 Å². The van der Waals surface area contributed by atoms with E-state index in [1.165, 1.54) is 62.4 Å². The Morgan fingerprint density at radius 1 is 0.526 bits per heavy atom. The van der Waals surface area contributed by atoms with Crippen LogP contribution < -0.4 is 18.9 Å². The summed E-state index contributed by atoms with van der Waals surface area (Å²) in [5.74, 6) is -4.08. The molecule has 0 fully saturated rings. The number of hydrogen-bond acceptors (Lipinski definition) is 10. The normalized spacial score (nSPS) is 10.6. The third-order valence-electron chi connectivity index (χ3n) is 8.50. The quantitative estimate of drug-likeness (QED) is 0.0466. The van der Waals surface area contributed by atoms with Gasteiger partial charge in [-0.05, 0) is 134 Å². The highest BCUT2D eigenvalue weighted by Crippen LogP contribution is 2.33. The van der Waals surface area contributed by atoms with E-state index in [9.17, 15) is 19.2 Å². The Balaban J connectivity index is 1.21. The predicted molar refractivity (Wildman–Crippen MR) is 207 cm³/mol. The number of carbonyl (C=O) groups excluding carboxylic acids is 4. The number of hydrogen-bond donors (Lipinski definition) is 0. The lowest BCUT2D eigenvalue weighted by atomic mass is 9.95. The molecule has 0 N–H and O–H groups in total. The minimum atomic E-state index is -0.774. The monoisotopic (exact) mass is 776 g/mol. The van der Waals surface area contributed by atoms with Crippen LogP contribution in [0.25, 0.3) is 22.3 Å². The van der Waals surface area contributed by atoms with E-state index in [0.29, 0.717) is 44.9 Å². The minimum Gasteiger partial charge on any atom is -0.457 e. The van der Waals surface area contributed by atoms with E-state index < -0.39 is 35.5 Å². The van der Waals surface area contributed by atoms with Crippen LogP contribution in [-0.2, 0) is 19.1 Å². The summed E-state index contributed by atoms with van der Waals surface area (Å²) in [5, 5.41) is 0. The van der Waals surface area contributed by atoms with Crippen molar-refractivity contribution in [1.82, 2.24) is 0 Å². The van der Waals surface area contributed by atoms with Crippen molar-refractivity contribution in [3.63, 3.8) is 0 Å². The highest BCUT2D eigenvalue weighted by molar-refractivity contribution is 5.94. The van der Waals surface area contributed by atoms with Crippen molar-refractivity contribution in [3.05, 3.63) is 155 Å². The molecule has 5 aromatic rings. The van der Waals surface area contributed by atoms with Crippen molar-refractivity contribution >= 4 is 23.9 Å². The first-order valence-corrected chi connectivity index (χ1v) is 17.4. The highest BCUT2D eigenvalue weighted by Gasteiger charge is 2.19. The first kappa shape index (κ1) is 41.1. The fraction of sp³-hybridized carbons (Fsp3) is 0.156. The van der Waals surface area contributed by atoms with Crippen molar-refractivity contribution in [2.45, 2.75) is 34.6 Å². The third kappa shape index (κ3) is 10.4. The van der Waals surface area contributed by atoms with E-state index in [2.05, 4.69) is 13.2 Å². The van der Waals surface area contributed by atoms with Gasteiger partial charge in [-0.15, -0.1) is 0 Å². The third-order valence-corrected chi connectivity index (χ3v) is 8.50. The smallest absolute Gasteiger partial charge is 0.343 e. The topological polar surface area (TPSA) is 124 Å². The fourth-order valence-electron chi connectivity index (χ4n) is 5.45. The summed E-state index contributed by atoms with van der Waals surface area (Å²) < 4.78 is 61.9. The number of ether oxygens (including phenoxy) is 6. The fourth-order valence-corrected chi connectivity index (χ4v) is 5.45. The van der Waals surface area contributed by atoms with Gasteiger partial charge in [0.25, 0.3) is 0 Å². The summed E-state index contributed by atoms with van der Waals surface area (Å²) in [6.45, 7) is 14.5. The molecule has 292 valence electrons. The Hall–Kier alpha value is -7.08. The van der Waals surface area contributed by atoms with Crippen LogP contribution in [0.15, 0.2) is 115 Å². The Kier molecular flexibility index (Phi) is 13.0. The SMILES string of the molecule is C=C(C)C(=O)OCOc1ccc(C(=O)Oc2ccc(-c3ccc(-c4ccc(OC(=O)c5ccc(OCOC(=O)C(=C)C)cc5C)c(F)c4)c(C)c3)cc2F)c(C)c1. The van der Waals surface area contributed by atoms with Gasteiger partial charge in [0, 0.05) is 11.1 Å². The first-order chi connectivity index (χ1) is 27.1. The van der Waals surface area contributed by atoms with Gasteiger partial charge in [-0.1, -0.05) is 43.5 Å². The maximum absolute atomic E-state index is 15.3. The molecule has 5 rings (SSSR count). The summed E-state index contributed by atoms with van der Waals surface area (Å²) in [7, 11) is 0. The van der Waals surface area contributed by atoms with E-state index >= 15 is 8.78 Å². The van der Waals surface area contributed by atoms with Crippen molar-refractivity contribution in [1.29, 1.82) is 0 Å². The molecule has 0 saturated carbocycles. The van der Waals surface area contributed by atoms with Crippen molar-refractivity contribution in [3.8, 4) is 45.3 Å². The van der Waals surface area contributed by atoms with E-state index in [0.717, 1.165) is 5.56 Å². The maximum atomic E-state index is 15.3. The lowest BCUT2D eigenvalue weighted by Crippen LogP contribution is -2.12. The number of carbonyl (C=O) groups is 4. The molecule has 0 aliphatic heterocycles. The van der Waals surface area contributed by atoms with Crippen LogP contribution in [0.2, 0.25) is 0 Å². The molecule has 0 spiro atoms. The van der Waals surface area contributed by atoms with E-state index in [4.69, 9.17) is 28.4 Å². The second-order valence-corrected chi connectivity index (χ2v) is 13.0. The summed E-state index contributed by atoms with van der Waals surface area (Å²) in [6, 6.07) is 22.8. The molecular formula is C45H38F2O10. The van der Waals surface area contributed by atoms with E-state index in [-0.39, 0.29) is 47.4 Å². The standard InChI is InChI=1S/C45H38F2O10/c1-25(2)42(48)54-23-52-33-11-14-36(28(6)19-33)44(50)56-40-16-9-31(21-38(40)46)30-8-13-35(27(5)18-30)32-10-17-41(39(47)22-32)57-45(51)37-15-12-34(20-29(37)7)53-24-55-43(49)26(3)4/h8-22H,1,3,23-24H2,2,4-7H3. The zero-order valence-corrected chi connectivity index (χ0v) is 31.8. The van der Waals surface area contributed by atoms with Gasteiger partial charge in [0.1, 0.15) is 11.5 Å². The average molecular weight is 777 g/mol. The number of esters is 4. The zero-order chi connectivity index (χ0) is 41.4. The van der Waals surface area contributed by atoms with Crippen LogP contribution >= 0.6 is 0 Å². The molecular weight excluding hydrogens is 738 g/mol. The van der Waals surface area contributed by atoms with Crippen LogP contribution in [0, 0.1) is 32.4 Å². The average Bonchev–Trinajstić information content (AvgIpc) is 3.16. The summed E-state index contributed by atoms with van der Waals surface area (Å²) in [6.07, 6.45) is 0. The van der Waals surface area contributed by atoms with Crippen LogP contribution in [0.4, 0.5) is 8.78 Å². The van der Waals surface area contributed by atoms with Gasteiger partial charge < -0.3 is 28.4 Å². The van der Waals surface area contributed by atoms with Crippen LogP contribution in [0.5, 0.6) is 23.0 Å². The molecule has 0 unspecified atom stereocenters. The molecule has 0 amide bonds. The number of halogens is 2. The molecule has 0 aliphatic carbocycles. The Morgan fingerprint density at radius 2 is 0.947 bits per heavy atom. The van der Waals surface area contributed by atoms with Gasteiger partial charge in [-0.25, -0.2) is 28.0 Å². The molecule has 0 bridgehead atoms. The molecule has 0 aromatic heterocycles. The summed E-state index contributed by atoms with van der Waals surface area (Å²) >= 11 is 0. The van der Waals surface area contributed by atoms with Gasteiger partial charge in [0.05, 0.1) is 11.1 Å². The van der Waals surface area contributed by atoms with Crippen molar-refractivity contribution < 1.29 is 56.4 Å². The Morgan fingerprint density at radius 3 is 1.37 bits per heavy atom. The van der Waals surface area contributed by atoms with Gasteiger partial charge >= 0.3 is 23.9 Å². The molecule has 0 radical (unpaired) electrons. The summed E-state index contributed by atoms with van der Waals surface area (Å²) in [5.41, 5.74) is 4.99. The molecule has 0 saturated heterocycles.